The van der Waals surface area contributed by atoms with Crippen LogP contribution in [-0.2, 0) is 20.7 Å². The zero-order valence-electron chi connectivity index (χ0n) is 25.4. The van der Waals surface area contributed by atoms with E-state index in [9.17, 15) is 14.4 Å². The summed E-state index contributed by atoms with van der Waals surface area (Å²) in [5.74, 6) is -1.47. The van der Waals surface area contributed by atoms with Gasteiger partial charge in [0, 0.05) is 11.3 Å². The van der Waals surface area contributed by atoms with Crippen LogP contribution in [0.15, 0.2) is 121 Å². The van der Waals surface area contributed by atoms with E-state index in [2.05, 4.69) is 16.8 Å². The number of aryl methyl sites for hydroxylation is 1. The third kappa shape index (κ3) is 5.90. The van der Waals surface area contributed by atoms with Crippen molar-refractivity contribution < 1.29 is 19.1 Å². The van der Waals surface area contributed by atoms with Crippen molar-refractivity contribution in [3.05, 3.63) is 138 Å². The third-order valence-electron chi connectivity index (χ3n) is 7.79. The van der Waals surface area contributed by atoms with Crippen LogP contribution in [0.4, 0.5) is 5.69 Å². The van der Waals surface area contributed by atoms with E-state index in [1.165, 1.54) is 4.90 Å². The number of nitrogens with zero attached hydrogens (tertiary/aromatic N) is 2. The summed E-state index contributed by atoms with van der Waals surface area (Å²) in [6, 6.07) is 36.3. The van der Waals surface area contributed by atoms with E-state index in [0.29, 0.717) is 16.8 Å². The Labute approximate surface area is 272 Å². The molecule has 46 heavy (non-hydrogen) atoms. The monoisotopic (exact) mass is 625 g/mol. The highest BCUT2D eigenvalue weighted by Crippen LogP contribution is 2.38. The first-order chi connectivity index (χ1) is 22.4. The minimum absolute atomic E-state index is 0.0314. The molecule has 0 unspecified atom stereocenters. The van der Waals surface area contributed by atoms with E-state index in [4.69, 9.17) is 17.0 Å². The number of thiocarbonyl (C=S) groups is 1. The van der Waals surface area contributed by atoms with Gasteiger partial charge >= 0.3 is 5.97 Å². The molecule has 0 spiro atoms. The summed E-state index contributed by atoms with van der Waals surface area (Å²) in [4.78, 5) is 41.1. The fourth-order valence-corrected chi connectivity index (χ4v) is 5.79. The Kier molecular flexibility index (Phi) is 8.72. The number of esters is 1. The maximum absolute atomic E-state index is 14.0. The van der Waals surface area contributed by atoms with Gasteiger partial charge in [-0.2, -0.15) is 0 Å². The summed E-state index contributed by atoms with van der Waals surface area (Å²) in [7, 11) is 0. The van der Waals surface area contributed by atoms with Gasteiger partial charge in [-0.3, -0.25) is 19.8 Å². The Bertz CT molecular complexity index is 1960. The number of carbonyl (C=O) groups is 3. The Morgan fingerprint density at radius 1 is 0.804 bits per heavy atom. The summed E-state index contributed by atoms with van der Waals surface area (Å²) in [5.41, 5.74) is 6.94. The van der Waals surface area contributed by atoms with Crippen molar-refractivity contribution in [2.24, 2.45) is 0 Å². The van der Waals surface area contributed by atoms with Crippen LogP contribution < -0.4 is 10.2 Å². The number of nitrogens with one attached hydrogen (secondary N) is 1. The molecule has 8 heteroatoms. The lowest BCUT2D eigenvalue weighted by molar-refractivity contribution is -0.122. The number of rotatable bonds is 8. The Morgan fingerprint density at radius 2 is 1.41 bits per heavy atom. The number of carbonyl (C=O) groups excluding carboxylic acids is 3. The van der Waals surface area contributed by atoms with Crippen molar-refractivity contribution in [1.29, 1.82) is 0 Å². The van der Waals surface area contributed by atoms with Gasteiger partial charge in [0.25, 0.3) is 11.8 Å². The van der Waals surface area contributed by atoms with Crippen LogP contribution in [0.3, 0.4) is 0 Å². The lowest BCUT2D eigenvalue weighted by Gasteiger charge is -2.29. The number of hydrogen-bond donors (Lipinski definition) is 1. The quantitative estimate of drug-likeness (QED) is 0.0843. The number of benzene rings is 4. The van der Waals surface area contributed by atoms with Crippen LogP contribution >= 0.6 is 12.2 Å². The van der Waals surface area contributed by atoms with Gasteiger partial charge in [0.05, 0.1) is 29.2 Å². The molecular formula is C38H31N3O4S. The van der Waals surface area contributed by atoms with Crippen LogP contribution in [0.2, 0.25) is 0 Å². The molecule has 1 aliphatic heterocycles. The molecule has 0 bridgehead atoms. The summed E-state index contributed by atoms with van der Waals surface area (Å²) < 4.78 is 7.26. The number of anilines is 1. The standard InChI is InChI=1S/C38H31N3O4S/c1-3-25-15-19-31(20-16-25)41-36(43)32(35(42)39-38(41)46)23-29-24-33(26-11-7-5-8-12-26)40(34(29)27-13-9-6-10-14-27)30-21-17-28(18-22-30)37(44)45-4-2/h5-24H,3-4H2,1-2H3,(H,39,42,46)/b32-23-. The molecule has 0 radical (unpaired) electrons. The molecule has 1 aromatic heterocycles. The van der Waals surface area contributed by atoms with Crippen molar-refractivity contribution in [3.8, 4) is 28.2 Å². The fraction of sp³-hybridized carbons (Fsp3) is 0.105. The van der Waals surface area contributed by atoms with E-state index in [-0.39, 0.29) is 17.3 Å². The average molecular weight is 626 g/mol. The first-order valence-electron chi connectivity index (χ1n) is 15.0. The smallest absolute Gasteiger partial charge is 0.338 e. The highest BCUT2D eigenvalue weighted by molar-refractivity contribution is 7.80. The molecule has 7 nitrogen and oxygen atoms in total. The maximum Gasteiger partial charge on any atom is 0.338 e. The Hall–Kier alpha value is -5.60. The van der Waals surface area contributed by atoms with E-state index in [0.717, 1.165) is 40.2 Å². The van der Waals surface area contributed by atoms with E-state index >= 15 is 0 Å². The third-order valence-corrected chi connectivity index (χ3v) is 8.07. The molecular weight excluding hydrogens is 595 g/mol. The highest BCUT2D eigenvalue weighted by atomic mass is 32.1. The lowest BCUT2D eigenvalue weighted by atomic mass is 10.0. The van der Waals surface area contributed by atoms with Gasteiger partial charge < -0.3 is 9.30 Å². The van der Waals surface area contributed by atoms with Crippen molar-refractivity contribution >= 4 is 46.9 Å². The van der Waals surface area contributed by atoms with Gasteiger partial charge in [-0.25, -0.2) is 4.79 Å². The van der Waals surface area contributed by atoms with Crippen LogP contribution in [0.1, 0.15) is 35.3 Å². The van der Waals surface area contributed by atoms with E-state index in [1.54, 1.807) is 25.1 Å². The van der Waals surface area contributed by atoms with Gasteiger partial charge in [0.1, 0.15) is 5.57 Å². The molecule has 0 saturated carbocycles. The molecule has 4 aromatic carbocycles. The molecule has 1 fully saturated rings. The van der Waals surface area contributed by atoms with Gasteiger partial charge in [0.15, 0.2) is 5.11 Å². The largest absolute Gasteiger partial charge is 0.462 e. The molecule has 1 aliphatic rings. The molecule has 1 saturated heterocycles. The highest BCUT2D eigenvalue weighted by Gasteiger charge is 2.35. The maximum atomic E-state index is 14.0. The molecule has 1 N–H and O–H groups in total. The van der Waals surface area contributed by atoms with Crippen LogP contribution in [0.25, 0.3) is 34.3 Å². The number of aromatic nitrogens is 1. The molecule has 2 heterocycles. The van der Waals surface area contributed by atoms with Crippen molar-refractivity contribution in [3.63, 3.8) is 0 Å². The van der Waals surface area contributed by atoms with Gasteiger partial charge in [0.2, 0.25) is 0 Å². The second kappa shape index (κ2) is 13.2. The van der Waals surface area contributed by atoms with Crippen molar-refractivity contribution in [2.75, 3.05) is 11.5 Å². The van der Waals surface area contributed by atoms with Gasteiger partial charge in [-0.05, 0) is 90.8 Å². The van der Waals surface area contributed by atoms with Crippen LogP contribution in [0, 0.1) is 0 Å². The minimum Gasteiger partial charge on any atom is -0.462 e. The van der Waals surface area contributed by atoms with E-state index in [1.807, 2.05) is 103 Å². The lowest BCUT2D eigenvalue weighted by Crippen LogP contribution is -2.54. The normalized spacial score (nSPS) is 14.0. The predicted octanol–water partition coefficient (Wildman–Crippen LogP) is 7.38. The molecule has 5 aromatic rings. The van der Waals surface area contributed by atoms with Gasteiger partial charge in [-0.1, -0.05) is 79.7 Å². The Balaban J connectivity index is 1.55. The van der Waals surface area contributed by atoms with Crippen molar-refractivity contribution in [2.45, 2.75) is 20.3 Å². The topological polar surface area (TPSA) is 80.6 Å². The summed E-state index contributed by atoms with van der Waals surface area (Å²) in [6.07, 6.45) is 2.49. The number of amides is 2. The summed E-state index contributed by atoms with van der Waals surface area (Å²) >= 11 is 5.45. The zero-order chi connectivity index (χ0) is 32.2. The zero-order valence-corrected chi connectivity index (χ0v) is 26.2. The minimum atomic E-state index is -0.566. The molecule has 0 aliphatic carbocycles. The van der Waals surface area contributed by atoms with E-state index < -0.39 is 17.8 Å². The molecule has 6 rings (SSSR count). The predicted molar refractivity (Wildman–Crippen MR) is 185 cm³/mol. The average Bonchev–Trinajstić information content (AvgIpc) is 3.47. The molecule has 0 atom stereocenters. The number of ether oxygens (including phenoxy) is 1. The second-order valence-electron chi connectivity index (χ2n) is 10.6. The molecule has 228 valence electrons. The molecule has 2 amide bonds. The summed E-state index contributed by atoms with van der Waals surface area (Å²) in [6.45, 7) is 4.11. The first kappa shape index (κ1) is 30.4. The second-order valence-corrected chi connectivity index (χ2v) is 11.0. The van der Waals surface area contributed by atoms with Crippen LogP contribution in [0.5, 0.6) is 0 Å². The SMILES string of the molecule is CCOC(=O)c1ccc(-n2c(-c3ccccc3)cc(/C=C3/C(=O)NC(=S)N(c4ccc(CC)cc4)C3=O)c2-c2ccccc2)cc1. The first-order valence-corrected chi connectivity index (χ1v) is 15.4. The Morgan fingerprint density at radius 3 is 2.02 bits per heavy atom. The van der Waals surface area contributed by atoms with Gasteiger partial charge in [-0.15, -0.1) is 0 Å². The van der Waals surface area contributed by atoms with Crippen molar-refractivity contribution in [1.82, 2.24) is 9.88 Å². The number of hydrogen-bond acceptors (Lipinski definition) is 5. The fourth-order valence-electron chi connectivity index (χ4n) is 5.51. The summed E-state index contributed by atoms with van der Waals surface area (Å²) in [5, 5.41) is 2.74. The van der Waals surface area contributed by atoms with Crippen LogP contribution in [-0.4, -0.2) is 34.1 Å².